The van der Waals surface area contributed by atoms with E-state index in [1.807, 2.05) is 42.8 Å². The number of aliphatic hydroxyl groups is 1. The van der Waals surface area contributed by atoms with Crippen LogP contribution in [-0.4, -0.2) is 14.7 Å². The Hall–Kier alpha value is -3.26. The molecule has 0 spiro atoms. The normalized spacial score (nSPS) is 11.8. The zero-order valence-corrected chi connectivity index (χ0v) is 18.3. The zero-order valence-electron chi connectivity index (χ0n) is 17.5. The summed E-state index contributed by atoms with van der Waals surface area (Å²) < 4.78 is 46.3. The summed E-state index contributed by atoms with van der Waals surface area (Å²) in [4.78, 5) is 5.41. The average molecular weight is 459 g/mol. The lowest BCUT2D eigenvalue weighted by Gasteiger charge is -2.10. The predicted octanol–water partition coefficient (Wildman–Crippen LogP) is 7.05. The van der Waals surface area contributed by atoms with Crippen LogP contribution in [-0.2, 0) is 19.3 Å². The van der Waals surface area contributed by atoms with E-state index in [2.05, 4.69) is 11.6 Å². The molecule has 0 fully saturated rings. The number of hydrogen-bond donors (Lipinski definition) is 1. The molecule has 2 heterocycles. The van der Waals surface area contributed by atoms with E-state index in [-0.39, 0.29) is 5.76 Å². The van der Waals surface area contributed by atoms with Crippen LogP contribution in [0.1, 0.15) is 21.7 Å². The van der Waals surface area contributed by atoms with E-state index in [1.165, 1.54) is 23.5 Å². The number of hydrogen-bond acceptors (Lipinski definition) is 4. The van der Waals surface area contributed by atoms with Gasteiger partial charge < -0.3 is 14.4 Å². The molecule has 0 unspecified atom stereocenters. The van der Waals surface area contributed by atoms with Gasteiger partial charge in [-0.25, -0.2) is 4.98 Å². The molecule has 0 radical (unpaired) electrons. The number of alkyl halides is 3. The first-order valence-electron chi connectivity index (χ1n) is 9.85. The second-order valence-corrected chi connectivity index (χ2v) is 8.66. The number of aliphatic hydroxyl groups excluding tert-OH is 1. The number of benzene rings is 2. The van der Waals surface area contributed by atoms with Crippen LogP contribution in [0.15, 0.2) is 61.0 Å². The first-order chi connectivity index (χ1) is 15.1. The molecular formula is C24H21F3N2O2S. The van der Waals surface area contributed by atoms with E-state index in [1.54, 1.807) is 0 Å². The number of fused-ring (bicyclic) bond motifs is 1. The molecule has 0 bridgehead atoms. The number of nitrogens with zero attached hydrogens (tertiary/aromatic N) is 2. The van der Waals surface area contributed by atoms with Gasteiger partial charge >= 0.3 is 6.18 Å². The van der Waals surface area contributed by atoms with Crippen molar-refractivity contribution in [3.05, 3.63) is 82.7 Å². The first-order valence-corrected chi connectivity index (χ1v) is 10.7. The highest BCUT2D eigenvalue weighted by Crippen LogP contribution is 2.34. The van der Waals surface area contributed by atoms with E-state index < -0.39 is 11.7 Å². The maximum atomic E-state index is 12.8. The summed E-state index contributed by atoms with van der Waals surface area (Å²) in [7, 11) is 0. The van der Waals surface area contributed by atoms with Gasteiger partial charge in [0, 0.05) is 17.1 Å². The third-order valence-corrected chi connectivity index (χ3v) is 6.28. The van der Waals surface area contributed by atoms with Crippen molar-refractivity contribution in [2.45, 2.75) is 33.2 Å². The van der Waals surface area contributed by atoms with E-state index in [4.69, 9.17) is 4.74 Å². The van der Waals surface area contributed by atoms with Crippen LogP contribution in [0.2, 0.25) is 0 Å². The van der Waals surface area contributed by atoms with Crippen molar-refractivity contribution in [3.8, 4) is 16.3 Å². The Morgan fingerprint density at radius 3 is 2.53 bits per heavy atom. The van der Waals surface area contributed by atoms with Crippen molar-refractivity contribution < 1.29 is 23.0 Å². The quantitative estimate of drug-likeness (QED) is 0.315. The summed E-state index contributed by atoms with van der Waals surface area (Å²) in [6, 6.07) is 10.8. The highest BCUT2D eigenvalue weighted by atomic mass is 32.1. The minimum Gasteiger partial charge on any atom is -0.511 e. The van der Waals surface area contributed by atoms with Crippen molar-refractivity contribution in [1.82, 2.24) is 9.55 Å². The summed E-state index contributed by atoms with van der Waals surface area (Å²) >= 11 is 1.40. The Balaban J connectivity index is 1.51. The standard InChI is InChI=1S/C24H21F3N2O2S/c1-14-10-20(11-18-8-9-29(22(14)18)12-15(2)30)31-13-21-16(3)28-23(32-21)17-4-6-19(7-5-17)24(25,26)27/h4-11,30H,2,12-13H2,1,3H3. The van der Waals surface area contributed by atoms with Crippen LogP contribution in [0.4, 0.5) is 13.2 Å². The number of aromatic nitrogens is 2. The predicted molar refractivity (Wildman–Crippen MR) is 120 cm³/mol. The van der Waals surface area contributed by atoms with Gasteiger partial charge in [-0.05, 0) is 49.7 Å². The van der Waals surface area contributed by atoms with Gasteiger partial charge in [0.15, 0.2) is 0 Å². The van der Waals surface area contributed by atoms with Gasteiger partial charge in [0.1, 0.15) is 23.1 Å². The molecule has 2 aromatic carbocycles. The Morgan fingerprint density at radius 1 is 1.16 bits per heavy atom. The molecule has 0 amide bonds. The van der Waals surface area contributed by atoms with Crippen molar-refractivity contribution in [1.29, 1.82) is 0 Å². The van der Waals surface area contributed by atoms with Crippen LogP contribution in [0.3, 0.4) is 0 Å². The highest BCUT2D eigenvalue weighted by Gasteiger charge is 2.30. The van der Waals surface area contributed by atoms with Crippen LogP contribution < -0.4 is 4.74 Å². The molecule has 4 nitrogen and oxygen atoms in total. The Kier molecular flexibility index (Phi) is 5.73. The van der Waals surface area contributed by atoms with E-state index in [9.17, 15) is 18.3 Å². The summed E-state index contributed by atoms with van der Waals surface area (Å²) in [6.45, 7) is 8.03. The maximum absolute atomic E-state index is 12.8. The van der Waals surface area contributed by atoms with Gasteiger partial charge in [-0.1, -0.05) is 18.7 Å². The van der Waals surface area contributed by atoms with Gasteiger partial charge in [-0.15, -0.1) is 11.3 Å². The molecule has 0 atom stereocenters. The van der Waals surface area contributed by atoms with Gasteiger partial charge in [-0.2, -0.15) is 13.2 Å². The van der Waals surface area contributed by atoms with E-state index >= 15 is 0 Å². The monoisotopic (exact) mass is 458 g/mol. The molecule has 8 heteroatoms. The summed E-state index contributed by atoms with van der Waals surface area (Å²) in [5.41, 5.74) is 2.76. The fourth-order valence-electron chi connectivity index (χ4n) is 3.58. The molecule has 0 saturated carbocycles. The van der Waals surface area contributed by atoms with E-state index in [0.717, 1.165) is 39.2 Å². The molecular weight excluding hydrogens is 437 g/mol. The topological polar surface area (TPSA) is 47.3 Å². The fraction of sp³-hybridized carbons (Fsp3) is 0.208. The molecule has 32 heavy (non-hydrogen) atoms. The van der Waals surface area contributed by atoms with Crippen molar-refractivity contribution >= 4 is 22.2 Å². The largest absolute Gasteiger partial charge is 0.511 e. The molecule has 2 aromatic heterocycles. The van der Waals surface area contributed by atoms with Crippen molar-refractivity contribution in [3.63, 3.8) is 0 Å². The molecule has 0 saturated heterocycles. The summed E-state index contributed by atoms with van der Waals surface area (Å²) in [5, 5.41) is 11.2. The maximum Gasteiger partial charge on any atom is 0.416 e. The average Bonchev–Trinajstić information content (AvgIpc) is 3.29. The van der Waals surface area contributed by atoms with Crippen LogP contribution in [0.5, 0.6) is 5.75 Å². The molecule has 0 aliphatic carbocycles. The smallest absolute Gasteiger partial charge is 0.416 e. The van der Waals surface area contributed by atoms with Gasteiger partial charge in [-0.3, -0.25) is 0 Å². The summed E-state index contributed by atoms with van der Waals surface area (Å²) in [5.74, 6) is 0.797. The number of thiazole rings is 1. The lowest BCUT2D eigenvalue weighted by molar-refractivity contribution is -0.137. The lowest BCUT2D eigenvalue weighted by atomic mass is 10.1. The minimum atomic E-state index is -4.36. The Bertz CT molecular complexity index is 1290. The third-order valence-electron chi connectivity index (χ3n) is 5.10. The molecule has 166 valence electrons. The number of ether oxygens (including phenoxy) is 1. The SMILES string of the molecule is C=C(O)Cn1ccc2cc(OCc3sc(-c4ccc(C(F)(F)F)cc4)nc3C)cc(C)c21. The minimum absolute atomic E-state index is 0.0896. The molecule has 4 aromatic rings. The summed E-state index contributed by atoms with van der Waals surface area (Å²) in [6.07, 6.45) is -2.46. The molecule has 0 aliphatic heterocycles. The van der Waals surface area contributed by atoms with Crippen LogP contribution in [0, 0.1) is 13.8 Å². The van der Waals surface area contributed by atoms with Crippen LogP contribution in [0.25, 0.3) is 21.5 Å². The van der Waals surface area contributed by atoms with Crippen molar-refractivity contribution in [2.24, 2.45) is 0 Å². The van der Waals surface area contributed by atoms with Gasteiger partial charge in [0.25, 0.3) is 0 Å². The lowest BCUT2D eigenvalue weighted by Crippen LogP contribution is -2.03. The van der Waals surface area contributed by atoms with Crippen molar-refractivity contribution in [2.75, 3.05) is 0 Å². The van der Waals surface area contributed by atoms with Crippen LogP contribution >= 0.6 is 11.3 Å². The highest BCUT2D eigenvalue weighted by molar-refractivity contribution is 7.15. The zero-order chi connectivity index (χ0) is 23.0. The molecule has 0 aliphatic rings. The fourth-order valence-corrected chi connectivity index (χ4v) is 4.57. The van der Waals surface area contributed by atoms with Gasteiger partial charge in [0.2, 0.25) is 0 Å². The Morgan fingerprint density at radius 2 is 1.88 bits per heavy atom. The second-order valence-electron chi connectivity index (χ2n) is 7.58. The number of rotatable bonds is 6. The first kappa shape index (κ1) is 22.0. The van der Waals surface area contributed by atoms with E-state index in [0.29, 0.717) is 29.5 Å². The second kappa shape index (κ2) is 8.35. The number of allylic oxidation sites excluding steroid dienone is 1. The molecule has 1 N–H and O–H groups in total. The molecule has 4 rings (SSSR count). The third kappa shape index (κ3) is 4.50. The van der Waals surface area contributed by atoms with Gasteiger partial charge in [0.05, 0.1) is 28.2 Å². The number of aryl methyl sites for hydroxylation is 2. The number of halogens is 3. The Labute approximate surface area is 187 Å².